The first-order chi connectivity index (χ1) is 13.0. The van der Waals surface area contributed by atoms with E-state index in [0.717, 1.165) is 31.6 Å². The van der Waals surface area contributed by atoms with Gasteiger partial charge in [-0.25, -0.2) is 8.78 Å². The largest absolute Gasteiger partial charge is 0.461 e. The summed E-state index contributed by atoms with van der Waals surface area (Å²) in [6.45, 7) is 2.30. The molecule has 0 amide bonds. The molecule has 1 fully saturated rings. The van der Waals surface area contributed by atoms with Crippen LogP contribution >= 0.6 is 0 Å². The normalized spacial score (nSPS) is 17.0. The van der Waals surface area contributed by atoms with Gasteiger partial charge in [-0.2, -0.15) is 0 Å². The van der Waals surface area contributed by atoms with Crippen LogP contribution in [0.3, 0.4) is 0 Å². The number of ether oxygens (including phenoxy) is 1. The minimum absolute atomic E-state index is 0.120. The minimum atomic E-state index is -0.916. The summed E-state index contributed by atoms with van der Waals surface area (Å²) in [6, 6.07) is 12.8. The number of carbonyl (C=O) groups is 2. The number of halogens is 2. The molecule has 1 saturated heterocycles. The van der Waals surface area contributed by atoms with Crippen LogP contribution in [0.2, 0.25) is 0 Å². The van der Waals surface area contributed by atoms with Crippen molar-refractivity contribution >= 4 is 11.8 Å². The third kappa shape index (κ3) is 5.44. The highest BCUT2D eigenvalue weighted by atomic mass is 19.1. The van der Waals surface area contributed by atoms with Crippen LogP contribution < -0.4 is 0 Å². The highest BCUT2D eigenvalue weighted by Crippen LogP contribution is 2.18. The van der Waals surface area contributed by atoms with Gasteiger partial charge in [-0.05, 0) is 24.1 Å². The molecule has 27 heavy (non-hydrogen) atoms. The van der Waals surface area contributed by atoms with Gasteiger partial charge in [-0.15, -0.1) is 0 Å². The van der Waals surface area contributed by atoms with E-state index >= 15 is 0 Å². The lowest BCUT2D eigenvalue weighted by molar-refractivity contribution is -0.148. The van der Waals surface area contributed by atoms with E-state index in [9.17, 15) is 18.4 Å². The molecule has 0 N–H and O–H groups in total. The molecule has 4 nitrogen and oxygen atoms in total. The van der Waals surface area contributed by atoms with Crippen LogP contribution in [0.4, 0.5) is 8.78 Å². The topological polar surface area (TPSA) is 46.6 Å². The van der Waals surface area contributed by atoms with Crippen molar-refractivity contribution in [2.75, 3.05) is 13.1 Å². The highest BCUT2D eigenvalue weighted by Gasteiger charge is 2.26. The summed E-state index contributed by atoms with van der Waals surface area (Å²) in [5.41, 5.74) is 0.996. The molecule has 0 saturated carbocycles. The lowest BCUT2D eigenvalue weighted by atomic mass is 10.1. The third-order valence-corrected chi connectivity index (χ3v) is 4.56. The van der Waals surface area contributed by atoms with Crippen molar-refractivity contribution < 1.29 is 23.1 Å². The van der Waals surface area contributed by atoms with Crippen LogP contribution in [-0.2, 0) is 16.1 Å². The number of carbonyl (C=O) groups excluding carboxylic acids is 2. The summed E-state index contributed by atoms with van der Waals surface area (Å²) in [4.78, 5) is 26.2. The maximum atomic E-state index is 13.6. The fourth-order valence-corrected chi connectivity index (χ4v) is 3.19. The van der Waals surface area contributed by atoms with Gasteiger partial charge < -0.3 is 4.74 Å². The number of benzene rings is 2. The Morgan fingerprint density at radius 1 is 1.07 bits per heavy atom. The van der Waals surface area contributed by atoms with E-state index in [2.05, 4.69) is 17.0 Å². The molecule has 1 aliphatic heterocycles. The molecule has 0 aliphatic carbocycles. The molecule has 1 atom stereocenters. The number of rotatable bonds is 7. The summed E-state index contributed by atoms with van der Waals surface area (Å²) in [6.07, 6.45) is 0.269. The average molecular weight is 373 g/mol. The molecule has 1 aliphatic rings. The summed E-state index contributed by atoms with van der Waals surface area (Å²) in [5.74, 6) is -2.68. The molecule has 0 spiro atoms. The highest BCUT2D eigenvalue weighted by molar-refractivity contribution is 5.97. The Kier molecular flexibility index (Phi) is 6.29. The average Bonchev–Trinajstić information content (AvgIpc) is 3.07. The smallest absolute Gasteiger partial charge is 0.306 e. The van der Waals surface area contributed by atoms with Crippen LogP contribution in [-0.4, -0.2) is 35.8 Å². The number of likely N-dealkylation sites (tertiary alicyclic amines) is 1. The fraction of sp³-hybridized carbons (Fsp3) is 0.333. The maximum Gasteiger partial charge on any atom is 0.306 e. The molecule has 6 heteroatoms. The van der Waals surface area contributed by atoms with E-state index in [1.54, 1.807) is 0 Å². The Balaban J connectivity index is 1.42. The van der Waals surface area contributed by atoms with Gasteiger partial charge in [0, 0.05) is 32.1 Å². The molecule has 0 radical (unpaired) electrons. The first kappa shape index (κ1) is 19.2. The van der Waals surface area contributed by atoms with E-state index in [0.29, 0.717) is 12.6 Å². The van der Waals surface area contributed by atoms with E-state index in [-0.39, 0.29) is 24.5 Å². The number of hydrogen-bond donors (Lipinski definition) is 0. The minimum Gasteiger partial charge on any atom is -0.461 e. The van der Waals surface area contributed by atoms with E-state index in [1.165, 1.54) is 5.56 Å². The molecule has 0 bridgehead atoms. The first-order valence-electron chi connectivity index (χ1n) is 8.95. The Bertz CT molecular complexity index is 810. The zero-order valence-electron chi connectivity index (χ0n) is 14.9. The van der Waals surface area contributed by atoms with Crippen LogP contribution in [0.15, 0.2) is 48.5 Å². The van der Waals surface area contributed by atoms with Gasteiger partial charge >= 0.3 is 5.97 Å². The number of hydrogen-bond acceptors (Lipinski definition) is 4. The van der Waals surface area contributed by atoms with Crippen molar-refractivity contribution in [2.45, 2.75) is 31.9 Å². The maximum absolute atomic E-state index is 13.6. The molecule has 2 aromatic carbocycles. The van der Waals surface area contributed by atoms with Crippen LogP contribution in [0.25, 0.3) is 0 Å². The second-order valence-electron chi connectivity index (χ2n) is 6.67. The van der Waals surface area contributed by atoms with Crippen molar-refractivity contribution in [3.63, 3.8) is 0 Å². The second-order valence-corrected chi connectivity index (χ2v) is 6.67. The fourth-order valence-electron chi connectivity index (χ4n) is 3.19. The lowest BCUT2D eigenvalue weighted by Crippen LogP contribution is -2.25. The van der Waals surface area contributed by atoms with Crippen molar-refractivity contribution in [2.24, 2.45) is 0 Å². The van der Waals surface area contributed by atoms with Gasteiger partial charge in [0.25, 0.3) is 0 Å². The van der Waals surface area contributed by atoms with Crippen LogP contribution in [0.1, 0.15) is 35.2 Å². The predicted octanol–water partition coefficient (Wildman–Crippen LogP) is 3.75. The summed E-state index contributed by atoms with van der Waals surface area (Å²) in [5, 5.41) is 0. The number of ketones is 1. The zero-order valence-corrected chi connectivity index (χ0v) is 14.9. The number of nitrogens with zero attached hydrogens (tertiary/aromatic N) is 1. The standard InChI is InChI=1S/C21H21F2NO3/c22-16-6-7-18(19(23)12-16)20(25)8-9-21(26)27-17-10-11-24(14-17)13-15-4-2-1-3-5-15/h1-7,12,17H,8-11,13-14H2/t17-/m1/s1. The molecular formula is C21H21F2NO3. The number of Topliss-reactive ketones (excluding diaryl/α,β-unsaturated/α-hetero) is 1. The predicted molar refractivity (Wildman–Crippen MR) is 96.1 cm³/mol. The number of esters is 1. The Hall–Kier alpha value is -2.60. The Labute approximate surface area is 156 Å². The van der Waals surface area contributed by atoms with Crippen LogP contribution in [0, 0.1) is 11.6 Å². The quantitative estimate of drug-likeness (QED) is 0.548. The van der Waals surface area contributed by atoms with Crippen molar-refractivity contribution in [3.8, 4) is 0 Å². The molecule has 0 aromatic heterocycles. The molecule has 2 aromatic rings. The van der Waals surface area contributed by atoms with E-state index < -0.39 is 23.4 Å². The second kappa shape index (κ2) is 8.86. The lowest BCUT2D eigenvalue weighted by Gasteiger charge is -2.16. The molecule has 0 unspecified atom stereocenters. The van der Waals surface area contributed by atoms with E-state index in [4.69, 9.17) is 4.74 Å². The van der Waals surface area contributed by atoms with E-state index in [1.807, 2.05) is 18.2 Å². The van der Waals surface area contributed by atoms with Gasteiger partial charge in [0.2, 0.25) is 0 Å². The SMILES string of the molecule is O=C(CCC(=O)c1ccc(F)cc1F)O[C@@H]1CCN(Cc2ccccc2)C1. The zero-order chi connectivity index (χ0) is 19.2. The Morgan fingerprint density at radius 2 is 1.85 bits per heavy atom. The summed E-state index contributed by atoms with van der Waals surface area (Å²) >= 11 is 0. The van der Waals surface area contributed by atoms with Gasteiger partial charge in [0.1, 0.15) is 17.7 Å². The summed E-state index contributed by atoms with van der Waals surface area (Å²) < 4.78 is 31.9. The van der Waals surface area contributed by atoms with Gasteiger partial charge in [0.05, 0.1) is 12.0 Å². The monoisotopic (exact) mass is 373 g/mol. The van der Waals surface area contributed by atoms with Gasteiger partial charge in [-0.1, -0.05) is 30.3 Å². The van der Waals surface area contributed by atoms with Crippen LogP contribution in [0.5, 0.6) is 0 Å². The van der Waals surface area contributed by atoms with Crippen molar-refractivity contribution in [1.29, 1.82) is 0 Å². The third-order valence-electron chi connectivity index (χ3n) is 4.56. The van der Waals surface area contributed by atoms with Gasteiger partial charge in [-0.3, -0.25) is 14.5 Å². The molecule has 3 rings (SSSR count). The van der Waals surface area contributed by atoms with Crippen molar-refractivity contribution in [1.82, 2.24) is 4.90 Å². The van der Waals surface area contributed by atoms with Crippen molar-refractivity contribution in [3.05, 3.63) is 71.3 Å². The van der Waals surface area contributed by atoms with Gasteiger partial charge in [0.15, 0.2) is 5.78 Å². The molecule has 142 valence electrons. The summed E-state index contributed by atoms with van der Waals surface area (Å²) in [7, 11) is 0. The molecular weight excluding hydrogens is 352 g/mol. The molecule has 1 heterocycles. The Morgan fingerprint density at radius 3 is 2.59 bits per heavy atom. The first-order valence-corrected chi connectivity index (χ1v) is 8.95.